The summed E-state index contributed by atoms with van der Waals surface area (Å²) in [5.41, 5.74) is 2.80. The number of hydrazine groups is 1. The molecule has 0 aliphatic carbocycles. The van der Waals surface area contributed by atoms with Crippen LogP contribution in [-0.2, 0) is 0 Å². The topological polar surface area (TPSA) is 80.0 Å². The first kappa shape index (κ1) is 13.4. The van der Waals surface area contributed by atoms with Gasteiger partial charge in [0.2, 0.25) is 0 Å². The van der Waals surface area contributed by atoms with Crippen LogP contribution in [-0.4, -0.2) is 16.4 Å². The molecule has 1 aromatic rings. The van der Waals surface area contributed by atoms with Gasteiger partial charge in [-0.05, 0) is 31.9 Å². The molecule has 0 radical (unpaired) electrons. The number of rotatable bonds is 5. The number of hydrogen-bond acceptors (Lipinski definition) is 4. The van der Waals surface area contributed by atoms with Gasteiger partial charge in [-0.25, -0.2) is 10.8 Å². The summed E-state index contributed by atoms with van der Waals surface area (Å²) in [6, 6.07) is 3.37. The molecule has 1 rings (SSSR count). The van der Waals surface area contributed by atoms with Crippen molar-refractivity contribution in [1.29, 1.82) is 0 Å². The average Bonchev–Trinajstić information content (AvgIpc) is 2.38. The average molecular weight is 236 g/mol. The van der Waals surface area contributed by atoms with Crippen LogP contribution < -0.4 is 16.6 Å². The fourth-order valence-electron chi connectivity index (χ4n) is 1.39. The molecule has 0 aliphatic rings. The Morgan fingerprint density at radius 3 is 2.47 bits per heavy atom. The monoisotopic (exact) mass is 236 g/mol. The molecule has 0 fully saturated rings. The summed E-state index contributed by atoms with van der Waals surface area (Å²) >= 11 is 0. The number of nitrogen functional groups attached to an aromatic ring is 1. The van der Waals surface area contributed by atoms with Gasteiger partial charge < -0.3 is 10.7 Å². The first-order chi connectivity index (χ1) is 8.04. The molecular formula is C12H20N4O. The zero-order chi connectivity index (χ0) is 12.9. The van der Waals surface area contributed by atoms with Crippen molar-refractivity contribution in [3.8, 4) is 0 Å². The van der Waals surface area contributed by atoms with E-state index in [2.05, 4.69) is 29.6 Å². The lowest BCUT2D eigenvalue weighted by Gasteiger charge is -2.28. The van der Waals surface area contributed by atoms with Crippen molar-refractivity contribution >= 4 is 11.7 Å². The van der Waals surface area contributed by atoms with E-state index in [0.717, 1.165) is 12.8 Å². The molecule has 17 heavy (non-hydrogen) atoms. The smallest absolute Gasteiger partial charge is 0.253 e. The number of pyridine rings is 1. The van der Waals surface area contributed by atoms with Crippen molar-refractivity contribution in [1.82, 2.24) is 10.3 Å². The minimum atomic E-state index is -0.165. The van der Waals surface area contributed by atoms with Crippen molar-refractivity contribution in [3.05, 3.63) is 23.9 Å². The minimum Gasteiger partial charge on any atom is -0.347 e. The number of nitrogens with zero attached hydrogens (tertiary/aromatic N) is 1. The minimum absolute atomic E-state index is 0.104. The van der Waals surface area contributed by atoms with E-state index < -0.39 is 0 Å². The van der Waals surface area contributed by atoms with Gasteiger partial charge in [-0.3, -0.25) is 4.79 Å². The molecule has 0 atom stereocenters. The van der Waals surface area contributed by atoms with Crippen molar-refractivity contribution in [3.63, 3.8) is 0 Å². The van der Waals surface area contributed by atoms with Crippen LogP contribution in [0.4, 0.5) is 5.82 Å². The molecule has 5 nitrogen and oxygen atoms in total. The standard InChI is InChI=1S/C12H20N4O/c1-4-12(3,5-2)15-11(17)9-6-7-10(16-13)14-8-9/h6-8H,4-5,13H2,1-3H3,(H,14,16)(H,15,17). The highest BCUT2D eigenvalue weighted by Crippen LogP contribution is 2.14. The van der Waals surface area contributed by atoms with Crippen LogP contribution in [0.2, 0.25) is 0 Å². The second-order valence-corrected chi connectivity index (χ2v) is 4.30. The van der Waals surface area contributed by atoms with Gasteiger partial charge in [0.15, 0.2) is 0 Å². The van der Waals surface area contributed by atoms with Gasteiger partial charge >= 0.3 is 0 Å². The van der Waals surface area contributed by atoms with Crippen LogP contribution in [0.1, 0.15) is 44.0 Å². The second-order valence-electron chi connectivity index (χ2n) is 4.30. The maximum Gasteiger partial charge on any atom is 0.253 e. The van der Waals surface area contributed by atoms with Crippen LogP contribution in [0.3, 0.4) is 0 Å². The fourth-order valence-corrected chi connectivity index (χ4v) is 1.39. The number of hydrogen-bond donors (Lipinski definition) is 3. The second kappa shape index (κ2) is 5.63. The Balaban J connectivity index is 2.75. The molecule has 0 saturated carbocycles. The molecular weight excluding hydrogens is 216 g/mol. The van der Waals surface area contributed by atoms with E-state index >= 15 is 0 Å². The summed E-state index contributed by atoms with van der Waals surface area (Å²) in [5.74, 6) is 5.64. The summed E-state index contributed by atoms with van der Waals surface area (Å²) in [5, 5.41) is 3.02. The number of amides is 1. The van der Waals surface area contributed by atoms with Gasteiger partial charge in [0.05, 0.1) is 5.56 Å². The third-order valence-electron chi connectivity index (χ3n) is 3.15. The van der Waals surface area contributed by atoms with Gasteiger partial charge in [-0.2, -0.15) is 0 Å². The zero-order valence-electron chi connectivity index (χ0n) is 10.6. The maximum atomic E-state index is 12.0. The van der Waals surface area contributed by atoms with Crippen LogP contribution >= 0.6 is 0 Å². The Morgan fingerprint density at radius 2 is 2.06 bits per heavy atom. The van der Waals surface area contributed by atoms with Gasteiger partial charge in [0, 0.05) is 11.7 Å². The van der Waals surface area contributed by atoms with E-state index in [0.29, 0.717) is 11.4 Å². The lowest BCUT2D eigenvalue weighted by molar-refractivity contribution is 0.0900. The molecule has 0 unspecified atom stereocenters. The van der Waals surface area contributed by atoms with Gasteiger partial charge in [-0.1, -0.05) is 13.8 Å². The molecule has 0 bridgehead atoms. The van der Waals surface area contributed by atoms with E-state index in [1.54, 1.807) is 12.1 Å². The van der Waals surface area contributed by atoms with Gasteiger partial charge in [0.25, 0.3) is 5.91 Å². The number of anilines is 1. The van der Waals surface area contributed by atoms with Crippen molar-refractivity contribution in [2.24, 2.45) is 5.84 Å². The molecule has 0 aromatic carbocycles. The van der Waals surface area contributed by atoms with E-state index in [1.165, 1.54) is 6.20 Å². The molecule has 1 heterocycles. The molecule has 0 saturated heterocycles. The summed E-state index contributed by atoms with van der Waals surface area (Å²) in [6.07, 6.45) is 3.30. The van der Waals surface area contributed by atoms with Crippen LogP contribution in [0, 0.1) is 0 Å². The third kappa shape index (κ3) is 3.42. The Morgan fingerprint density at radius 1 is 1.41 bits per heavy atom. The normalized spacial score (nSPS) is 11.1. The summed E-state index contributed by atoms with van der Waals surface area (Å²) in [7, 11) is 0. The Bertz CT molecular complexity index is 371. The molecule has 0 aliphatic heterocycles. The van der Waals surface area contributed by atoms with Crippen LogP contribution in [0.25, 0.3) is 0 Å². The van der Waals surface area contributed by atoms with Crippen molar-refractivity contribution in [2.45, 2.75) is 39.2 Å². The fraction of sp³-hybridized carbons (Fsp3) is 0.500. The molecule has 5 heteroatoms. The number of carbonyl (C=O) groups is 1. The first-order valence-corrected chi connectivity index (χ1v) is 5.80. The summed E-state index contributed by atoms with van der Waals surface area (Å²) in [4.78, 5) is 16.0. The van der Waals surface area contributed by atoms with Crippen LogP contribution in [0.5, 0.6) is 0 Å². The molecule has 0 spiro atoms. The highest BCUT2D eigenvalue weighted by Gasteiger charge is 2.22. The number of nitrogens with two attached hydrogens (primary N) is 1. The maximum absolute atomic E-state index is 12.0. The quantitative estimate of drug-likeness (QED) is 0.536. The molecule has 1 aromatic heterocycles. The predicted molar refractivity (Wildman–Crippen MR) is 68.5 cm³/mol. The lowest BCUT2D eigenvalue weighted by atomic mass is 9.95. The van der Waals surface area contributed by atoms with Gasteiger partial charge in [-0.15, -0.1) is 0 Å². The number of aromatic nitrogens is 1. The summed E-state index contributed by atoms with van der Waals surface area (Å²) in [6.45, 7) is 6.15. The molecule has 1 amide bonds. The SMILES string of the molecule is CCC(C)(CC)NC(=O)c1ccc(NN)nc1. The van der Waals surface area contributed by atoms with Crippen molar-refractivity contribution in [2.75, 3.05) is 5.43 Å². The Kier molecular flexibility index (Phi) is 4.45. The summed E-state index contributed by atoms with van der Waals surface area (Å²) < 4.78 is 0. The first-order valence-electron chi connectivity index (χ1n) is 5.80. The zero-order valence-corrected chi connectivity index (χ0v) is 10.6. The van der Waals surface area contributed by atoms with E-state index in [9.17, 15) is 4.79 Å². The van der Waals surface area contributed by atoms with E-state index in [4.69, 9.17) is 5.84 Å². The lowest BCUT2D eigenvalue weighted by Crippen LogP contribution is -2.44. The van der Waals surface area contributed by atoms with Gasteiger partial charge in [0.1, 0.15) is 5.82 Å². The number of carbonyl (C=O) groups excluding carboxylic acids is 1. The van der Waals surface area contributed by atoms with E-state index in [-0.39, 0.29) is 11.4 Å². The molecule has 94 valence electrons. The Hall–Kier alpha value is -1.62. The Labute approximate surface area is 102 Å². The third-order valence-corrected chi connectivity index (χ3v) is 3.15. The van der Waals surface area contributed by atoms with Crippen molar-refractivity contribution < 1.29 is 4.79 Å². The van der Waals surface area contributed by atoms with E-state index in [1.807, 2.05) is 6.92 Å². The van der Waals surface area contributed by atoms with Crippen LogP contribution in [0.15, 0.2) is 18.3 Å². The predicted octanol–water partition coefficient (Wildman–Crippen LogP) is 1.68. The molecule has 4 N–H and O–H groups in total. The number of nitrogens with one attached hydrogen (secondary N) is 2. The largest absolute Gasteiger partial charge is 0.347 e. The highest BCUT2D eigenvalue weighted by molar-refractivity contribution is 5.94. The highest BCUT2D eigenvalue weighted by atomic mass is 16.1.